The van der Waals surface area contributed by atoms with Crippen LogP contribution in [-0.4, -0.2) is 23.4 Å². The minimum atomic E-state index is -0.373. The molecule has 0 N–H and O–H groups in total. The van der Waals surface area contributed by atoms with Crippen molar-refractivity contribution < 1.29 is 9.18 Å². The van der Waals surface area contributed by atoms with E-state index in [2.05, 4.69) is 6.92 Å². The third-order valence-corrected chi connectivity index (χ3v) is 3.83. The van der Waals surface area contributed by atoms with Gasteiger partial charge in [0.15, 0.2) is 0 Å². The number of hydrogen-bond acceptors (Lipinski definition) is 1. The summed E-state index contributed by atoms with van der Waals surface area (Å²) in [6.07, 6.45) is 3.56. The monoisotopic (exact) mass is 269 g/mol. The summed E-state index contributed by atoms with van der Waals surface area (Å²) in [4.78, 5) is 14.1. The predicted octanol–water partition coefficient (Wildman–Crippen LogP) is 3.42. The maximum absolute atomic E-state index is 12.9. The van der Waals surface area contributed by atoms with Gasteiger partial charge in [0.25, 0.3) is 0 Å². The first-order valence-electron chi connectivity index (χ1n) is 6.31. The molecular weight excluding hydrogens is 253 g/mol. The van der Waals surface area contributed by atoms with E-state index >= 15 is 0 Å². The van der Waals surface area contributed by atoms with Gasteiger partial charge in [0.1, 0.15) is 5.82 Å². The molecule has 1 aromatic carbocycles. The van der Waals surface area contributed by atoms with Gasteiger partial charge < -0.3 is 4.90 Å². The molecule has 0 aliphatic carbocycles. The SMILES string of the molecule is C[C@H]1CCCCN1C(=O)Cc1ccc(F)cc1Cl. The summed E-state index contributed by atoms with van der Waals surface area (Å²) in [5.74, 6) is -0.293. The van der Waals surface area contributed by atoms with Gasteiger partial charge in [-0.2, -0.15) is 0 Å². The summed E-state index contributed by atoms with van der Waals surface area (Å²) in [6, 6.07) is 4.48. The Hall–Kier alpha value is -1.09. The van der Waals surface area contributed by atoms with Crippen LogP contribution in [0.15, 0.2) is 18.2 Å². The lowest BCUT2D eigenvalue weighted by Gasteiger charge is -2.33. The molecule has 0 unspecified atom stereocenters. The molecule has 1 aromatic rings. The molecule has 0 saturated carbocycles. The van der Waals surface area contributed by atoms with Crippen LogP contribution in [0.25, 0.3) is 0 Å². The Balaban J connectivity index is 2.06. The third-order valence-electron chi connectivity index (χ3n) is 3.48. The van der Waals surface area contributed by atoms with Gasteiger partial charge in [0, 0.05) is 17.6 Å². The third kappa shape index (κ3) is 3.02. The van der Waals surface area contributed by atoms with Crippen molar-refractivity contribution in [3.63, 3.8) is 0 Å². The Morgan fingerprint density at radius 2 is 2.28 bits per heavy atom. The molecule has 18 heavy (non-hydrogen) atoms. The van der Waals surface area contributed by atoms with Gasteiger partial charge >= 0.3 is 0 Å². The lowest BCUT2D eigenvalue weighted by molar-refractivity contribution is -0.133. The highest BCUT2D eigenvalue weighted by molar-refractivity contribution is 6.31. The zero-order chi connectivity index (χ0) is 13.1. The second kappa shape index (κ2) is 5.70. The first-order chi connectivity index (χ1) is 8.58. The molecule has 1 atom stereocenters. The highest BCUT2D eigenvalue weighted by Crippen LogP contribution is 2.21. The highest BCUT2D eigenvalue weighted by atomic mass is 35.5. The van der Waals surface area contributed by atoms with E-state index in [-0.39, 0.29) is 18.1 Å². The maximum Gasteiger partial charge on any atom is 0.227 e. The Kier molecular flexibility index (Phi) is 4.23. The lowest BCUT2D eigenvalue weighted by Crippen LogP contribution is -2.42. The van der Waals surface area contributed by atoms with Gasteiger partial charge in [-0.25, -0.2) is 4.39 Å². The molecule has 98 valence electrons. The smallest absolute Gasteiger partial charge is 0.227 e. The van der Waals surface area contributed by atoms with E-state index in [0.29, 0.717) is 16.6 Å². The molecule has 1 amide bonds. The van der Waals surface area contributed by atoms with Crippen molar-refractivity contribution in [2.24, 2.45) is 0 Å². The first kappa shape index (κ1) is 13.3. The number of rotatable bonds is 2. The lowest BCUT2D eigenvalue weighted by atomic mass is 10.0. The van der Waals surface area contributed by atoms with Crippen molar-refractivity contribution in [2.75, 3.05) is 6.54 Å². The van der Waals surface area contributed by atoms with Crippen LogP contribution in [0, 0.1) is 5.82 Å². The summed E-state index contributed by atoms with van der Waals surface area (Å²) in [7, 11) is 0. The first-order valence-corrected chi connectivity index (χ1v) is 6.69. The molecule has 0 spiro atoms. The van der Waals surface area contributed by atoms with E-state index in [0.717, 1.165) is 19.4 Å². The normalized spacial score (nSPS) is 19.9. The Morgan fingerprint density at radius 3 is 2.94 bits per heavy atom. The quantitative estimate of drug-likeness (QED) is 0.806. The molecule has 1 saturated heterocycles. The highest BCUT2D eigenvalue weighted by Gasteiger charge is 2.23. The fourth-order valence-corrected chi connectivity index (χ4v) is 2.63. The van der Waals surface area contributed by atoms with Gasteiger partial charge in [-0.05, 0) is 43.9 Å². The number of halogens is 2. The summed E-state index contributed by atoms with van der Waals surface area (Å²) >= 11 is 5.94. The number of carbonyl (C=O) groups excluding carboxylic acids is 1. The molecule has 4 heteroatoms. The Bertz CT molecular complexity index is 449. The largest absolute Gasteiger partial charge is 0.340 e. The molecule has 0 aromatic heterocycles. The van der Waals surface area contributed by atoms with Crippen LogP contribution < -0.4 is 0 Å². The van der Waals surface area contributed by atoms with Crippen LogP contribution in [0.5, 0.6) is 0 Å². The molecule has 1 aliphatic heterocycles. The fourth-order valence-electron chi connectivity index (χ4n) is 2.40. The van der Waals surface area contributed by atoms with Crippen LogP contribution in [0.1, 0.15) is 31.7 Å². The molecule has 1 aliphatic rings. The molecule has 0 radical (unpaired) electrons. The molecular formula is C14H17ClFNO. The zero-order valence-corrected chi connectivity index (χ0v) is 11.2. The second-order valence-corrected chi connectivity index (χ2v) is 5.25. The fraction of sp³-hybridized carbons (Fsp3) is 0.500. The van der Waals surface area contributed by atoms with Crippen molar-refractivity contribution in [1.82, 2.24) is 4.90 Å². The van der Waals surface area contributed by atoms with Gasteiger partial charge in [0.05, 0.1) is 6.42 Å². The van der Waals surface area contributed by atoms with Crippen LogP contribution in [0.2, 0.25) is 5.02 Å². The van der Waals surface area contributed by atoms with Crippen LogP contribution in [0.3, 0.4) is 0 Å². The van der Waals surface area contributed by atoms with Crippen molar-refractivity contribution in [1.29, 1.82) is 0 Å². The molecule has 1 fully saturated rings. The molecule has 1 heterocycles. The number of benzene rings is 1. The number of nitrogens with zero attached hydrogens (tertiary/aromatic N) is 1. The summed E-state index contributed by atoms with van der Waals surface area (Å²) in [5, 5.41) is 0.327. The van der Waals surface area contributed by atoms with E-state index in [1.807, 2.05) is 4.90 Å². The van der Waals surface area contributed by atoms with E-state index in [1.54, 1.807) is 6.07 Å². The van der Waals surface area contributed by atoms with Crippen molar-refractivity contribution in [3.8, 4) is 0 Å². The minimum Gasteiger partial charge on any atom is -0.340 e. The minimum absolute atomic E-state index is 0.0794. The van der Waals surface area contributed by atoms with E-state index in [1.165, 1.54) is 18.6 Å². The van der Waals surface area contributed by atoms with E-state index in [9.17, 15) is 9.18 Å². The van der Waals surface area contributed by atoms with Gasteiger partial charge in [-0.3, -0.25) is 4.79 Å². The Labute approximate surface area is 112 Å². The van der Waals surface area contributed by atoms with E-state index in [4.69, 9.17) is 11.6 Å². The van der Waals surface area contributed by atoms with Gasteiger partial charge in [0.2, 0.25) is 5.91 Å². The van der Waals surface area contributed by atoms with Crippen molar-refractivity contribution >= 4 is 17.5 Å². The van der Waals surface area contributed by atoms with Gasteiger partial charge in [-0.1, -0.05) is 17.7 Å². The molecule has 0 bridgehead atoms. The van der Waals surface area contributed by atoms with E-state index < -0.39 is 0 Å². The topological polar surface area (TPSA) is 20.3 Å². The maximum atomic E-state index is 12.9. The average Bonchev–Trinajstić information content (AvgIpc) is 2.33. The number of piperidine rings is 1. The Morgan fingerprint density at radius 1 is 1.50 bits per heavy atom. The summed E-state index contributed by atoms with van der Waals surface area (Å²) in [5.41, 5.74) is 0.695. The predicted molar refractivity (Wildman–Crippen MR) is 70.1 cm³/mol. The summed E-state index contributed by atoms with van der Waals surface area (Å²) < 4.78 is 12.9. The number of likely N-dealkylation sites (tertiary alicyclic amines) is 1. The van der Waals surface area contributed by atoms with Gasteiger partial charge in [-0.15, -0.1) is 0 Å². The zero-order valence-electron chi connectivity index (χ0n) is 10.5. The number of amides is 1. The van der Waals surface area contributed by atoms with Crippen molar-refractivity contribution in [3.05, 3.63) is 34.6 Å². The summed E-state index contributed by atoms with van der Waals surface area (Å²) in [6.45, 7) is 2.89. The van der Waals surface area contributed by atoms with Crippen LogP contribution in [0.4, 0.5) is 4.39 Å². The number of hydrogen-bond donors (Lipinski definition) is 0. The number of carbonyl (C=O) groups is 1. The standard InChI is InChI=1S/C14H17ClFNO/c1-10-4-2-3-7-17(10)14(18)8-11-5-6-12(16)9-13(11)15/h5-6,9-10H,2-4,7-8H2,1H3/t10-/m0/s1. The van der Waals surface area contributed by atoms with Crippen LogP contribution >= 0.6 is 11.6 Å². The van der Waals surface area contributed by atoms with Crippen molar-refractivity contribution in [2.45, 2.75) is 38.6 Å². The molecule has 2 rings (SSSR count). The molecule has 2 nitrogen and oxygen atoms in total. The van der Waals surface area contributed by atoms with Crippen LogP contribution in [-0.2, 0) is 11.2 Å². The second-order valence-electron chi connectivity index (χ2n) is 4.84. The average molecular weight is 270 g/mol.